The average molecular weight is 399 g/mol. The smallest absolute Gasteiger partial charge is 0.270 e. The fraction of sp³-hybridized carbons (Fsp3) is 0.0588. The maximum Gasteiger partial charge on any atom is 0.270 e. The third-order valence-corrected chi connectivity index (χ3v) is 4.87. The number of halogens is 1. The van der Waals surface area contributed by atoms with Gasteiger partial charge in [0.05, 0.1) is 35.0 Å². The standard InChI is InChI=1S/C17H11ClN6O2S/c1-9-16(27-24-23-9)17(25)22-15-7-20-13(5-21-15)11-4-10(2-3-12(11)18)14-6-19-8-26-14/h2-8H,1H3,(H,21,22,25). The SMILES string of the molecule is Cc1nnsc1C(=O)Nc1cnc(-c2cc(-c3cnco3)ccc2Cl)cn1. The van der Waals surface area contributed by atoms with Gasteiger partial charge in [0.2, 0.25) is 0 Å². The van der Waals surface area contributed by atoms with E-state index in [1.165, 1.54) is 12.6 Å². The highest BCUT2D eigenvalue weighted by molar-refractivity contribution is 7.08. The summed E-state index contributed by atoms with van der Waals surface area (Å²) in [6.07, 6.45) is 5.99. The second kappa shape index (κ2) is 7.22. The normalized spacial score (nSPS) is 10.7. The summed E-state index contributed by atoms with van der Waals surface area (Å²) < 4.78 is 9.06. The summed E-state index contributed by atoms with van der Waals surface area (Å²) in [7, 11) is 0. The van der Waals surface area contributed by atoms with Gasteiger partial charge in [0, 0.05) is 11.1 Å². The van der Waals surface area contributed by atoms with Crippen molar-refractivity contribution in [1.29, 1.82) is 0 Å². The number of nitrogens with zero attached hydrogens (tertiary/aromatic N) is 5. The van der Waals surface area contributed by atoms with Crippen molar-refractivity contribution in [3.8, 4) is 22.6 Å². The van der Waals surface area contributed by atoms with Crippen LogP contribution in [0, 0.1) is 6.92 Å². The van der Waals surface area contributed by atoms with Gasteiger partial charge in [-0.25, -0.2) is 9.97 Å². The van der Waals surface area contributed by atoms with Crippen molar-refractivity contribution in [3.63, 3.8) is 0 Å². The summed E-state index contributed by atoms with van der Waals surface area (Å²) in [6.45, 7) is 1.72. The van der Waals surface area contributed by atoms with Gasteiger partial charge in [-0.3, -0.25) is 9.78 Å². The van der Waals surface area contributed by atoms with Crippen LogP contribution in [0.15, 0.2) is 47.6 Å². The summed E-state index contributed by atoms with van der Waals surface area (Å²) in [5.41, 5.74) is 2.64. The monoisotopic (exact) mass is 398 g/mol. The van der Waals surface area contributed by atoms with Crippen molar-refractivity contribution in [3.05, 3.63) is 58.8 Å². The predicted molar refractivity (Wildman–Crippen MR) is 101 cm³/mol. The molecule has 0 radical (unpaired) electrons. The van der Waals surface area contributed by atoms with Crippen LogP contribution in [-0.4, -0.2) is 30.4 Å². The molecule has 1 N–H and O–H groups in total. The number of aromatic nitrogens is 5. The lowest BCUT2D eigenvalue weighted by Gasteiger charge is -2.07. The summed E-state index contributed by atoms with van der Waals surface area (Å²) in [5.74, 6) is 0.618. The van der Waals surface area contributed by atoms with Crippen molar-refractivity contribution in [1.82, 2.24) is 24.5 Å². The molecule has 0 aliphatic heterocycles. The number of anilines is 1. The van der Waals surface area contributed by atoms with E-state index in [1.807, 2.05) is 12.1 Å². The van der Waals surface area contributed by atoms with Crippen LogP contribution in [0.2, 0.25) is 5.02 Å². The molecule has 4 rings (SSSR count). The van der Waals surface area contributed by atoms with Gasteiger partial charge in [0.25, 0.3) is 5.91 Å². The molecule has 134 valence electrons. The van der Waals surface area contributed by atoms with Gasteiger partial charge >= 0.3 is 0 Å². The van der Waals surface area contributed by atoms with E-state index in [-0.39, 0.29) is 5.91 Å². The molecule has 1 amide bonds. The topological polar surface area (TPSA) is 107 Å². The molecule has 3 heterocycles. The van der Waals surface area contributed by atoms with Crippen LogP contribution in [0.1, 0.15) is 15.4 Å². The van der Waals surface area contributed by atoms with E-state index < -0.39 is 0 Å². The zero-order valence-electron chi connectivity index (χ0n) is 13.9. The lowest BCUT2D eigenvalue weighted by atomic mass is 10.1. The zero-order chi connectivity index (χ0) is 18.8. The highest BCUT2D eigenvalue weighted by Crippen LogP contribution is 2.31. The quantitative estimate of drug-likeness (QED) is 0.556. The maximum atomic E-state index is 12.2. The number of nitrogens with one attached hydrogen (secondary N) is 1. The molecule has 1 aromatic carbocycles. The van der Waals surface area contributed by atoms with Crippen LogP contribution in [0.3, 0.4) is 0 Å². The zero-order valence-corrected chi connectivity index (χ0v) is 15.5. The average Bonchev–Trinajstić information content (AvgIpc) is 3.35. The van der Waals surface area contributed by atoms with Gasteiger partial charge in [-0.1, -0.05) is 16.1 Å². The van der Waals surface area contributed by atoms with Crippen LogP contribution in [-0.2, 0) is 0 Å². The van der Waals surface area contributed by atoms with Crippen molar-refractivity contribution in [2.75, 3.05) is 5.32 Å². The van der Waals surface area contributed by atoms with E-state index in [0.29, 0.717) is 38.4 Å². The van der Waals surface area contributed by atoms with E-state index in [1.54, 1.807) is 25.4 Å². The van der Waals surface area contributed by atoms with Crippen LogP contribution in [0.4, 0.5) is 5.82 Å². The lowest BCUT2D eigenvalue weighted by Crippen LogP contribution is -2.13. The van der Waals surface area contributed by atoms with Crippen molar-refractivity contribution in [2.24, 2.45) is 0 Å². The Morgan fingerprint density at radius 3 is 2.78 bits per heavy atom. The largest absolute Gasteiger partial charge is 0.444 e. The van der Waals surface area contributed by atoms with Crippen molar-refractivity contribution < 1.29 is 9.21 Å². The Labute approximate surface area is 162 Å². The second-order valence-electron chi connectivity index (χ2n) is 5.49. The van der Waals surface area contributed by atoms with Gasteiger partial charge in [-0.05, 0) is 36.7 Å². The van der Waals surface area contributed by atoms with Crippen LogP contribution >= 0.6 is 23.1 Å². The predicted octanol–water partition coefficient (Wildman–Crippen LogP) is 3.86. The third kappa shape index (κ3) is 3.55. The molecule has 0 spiro atoms. The molecular weight excluding hydrogens is 388 g/mol. The van der Waals surface area contributed by atoms with Gasteiger partial charge < -0.3 is 9.73 Å². The molecule has 0 unspecified atom stereocenters. The van der Waals surface area contributed by atoms with Crippen molar-refractivity contribution >= 4 is 34.9 Å². The van der Waals surface area contributed by atoms with E-state index in [4.69, 9.17) is 16.0 Å². The highest BCUT2D eigenvalue weighted by Gasteiger charge is 2.15. The number of carbonyl (C=O) groups is 1. The van der Waals surface area contributed by atoms with Gasteiger partial charge in [0.1, 0.15) is 4.88 Å². The Morgan fingerprint density at radius 2 is 2.11 bits per heavy atom. The first-order chi connectivity index (χ1) is 13.1. The molecular formula is C17H11ClN6O2S. The number of benzene rings is 1. The number of amides is 1. The van der Waals surface area contributed by atoms with Gasteiger partial charge in [0.15, 0.2) is 18.0 Å². The molecule has 4 aromatic rings. The summed E-state index contributed by atoms with van der Waals surface area (Å²) in [6, 6.07) is 5.43. The molecule has 8 nitrogen and oxygen atoms in total. The molecule has 0 aliphatic carbocycles. The number of hydrogen-bond acceptors (Lipinski definition) is 8. The summed E-state index contributed by atoms with van der Waals surface area (Å²) in [4.78, 5) is 25.1. The van der Waals surface area contributed by atoms with E-state index in [0.717, 1.165) is 17.1 Å². The fourth-order valence-electron chi connectivity index (χ4n) is 2.38. The molecule has 10 heteroatoms. The third-order valence-electron chi connectivity index (χ3n) is 3.71. The minimum Gasteiger partial charge on any atom is -0.444 e. The molecule has 27 heavy (non-hydrogen) atoms. The number of oxazole rings is 1. The molecule has 0 bridgehead atoms. The molecule has 0 atom stereocenters. The molecule has 0 aliphatic rings. The molecule has 0 saturated heterocycles. The molecule has 3 aromatic heterocycles. The first kappa shape index (κ1) is 17.3. The number of hydrogen-bond donors (Lipinski definition) is 1. The molecule has 0 fully saturated rings. The lowest BCUT2D eigenvalue weighted by molar-refractivity contribution is 0.102. The van der Waals surface area contributed by atoms with Crippen molar-refractivity contribution in [2.45, 2.75) is 6.92 Å². The molecule has 0 saturated carbocycles. The minimum atomic E-state index is -0.324. The first-order valence-corrected chi connectivity index (χ1v) is 8.88. The Hall–Kier alpha value is -3.17. The summed E-state index contributed by atoms with van der Waals surface area (Å²) >= 11 is 7.33. The number of carbonyl (C=O) groups excluding carboxylic acids is 1. The minimum absolute atomic E-state index is 0.319. The fourth-order valence-corrected chi connectivity index (χ4v) is 3.14. The Bertz CT molecular complexity index is 1100. The van der Waals surface area contributed by atoms with E-state index >= 15 is 0 Å². The van der Waals surface area contributed by atoms with Crippen LogP contribution in [0.25, 0.3) is 22.6 Å². The van der Waals surface area contributed by atoms with E-state index in [9.17, 15) is 4.79 Å². The Morgan fingerprint density at radius 1 is 1.22 bits per heavy atom. The van der Waals surface area contributed by atoms with Crippen LogP contribution in [0.5, 0.6) is 0 Å². The van der Waals surface area contributed by atoms with Crippen LogP contribution < -0.4 is 5.32 Å². The Balaban J connectivity index is 1.58. The van der Waals surface area contributed by atoms with E-state index in [2.05, 4.69) is 29.9 Å². The number of aryl methyl sites for hydroxylation is 1. The highest BCUT2D eigenvalue weighted by atomic mass is 35.5. The number of rotatable bonds is 4. The van der Waals surface area contributed by atoms with Gasteiger partial charge in [-0.15, -0.1) is 5.10 Å². The second-order valence-corrected chi connectivity index (χ2v) is 6.65. The first-order valence-electron chi connectivity index (χ1n) is 7.73. The van der Waals surface area contributed by atoms with Gasteiger partial charge in [-0.2, -0.15) is 0 Å². The summed E-state index contributed by atoms with van der Waals surface area (Å²) in [5, 5.41) is 7.01. The Kier molecular flexibility index (Phi) is 4.61. The maximum absolute atomic E-state index is 12.2.